The zero-order valence-electron chi connectivity index (χ0n) is 8.38. The Balaban J connectivity index is 2.88. The summed E-state index contributed by atoms with van der Waals surface area (Å²) in [6.07, 6.45) is -4.37. The molecule has 0 unspecified atom stereocenters. The maximum Gasteiger partial charge on any atom is 0.416 e. The SMILES string of the molecule is CN(N)C(=S)Nc1cccc(C(F)(F)F)c1. The Bertz CT molecular complexity index is 390. The van der Waals surface area contributed by atoms with Gasteiger partial charge in [-0.15, -0.1) is 0 Å². The lowest BCUT2D eigenvalue weighted by Gasteiger charge is -2.16. The van der Waals surface area contributed by atoms with Gasteiger partial charge in [-0.05, 0) is 30.4 Å². The molecule has 0 aliphatic carbocycles. The molecule has 0 saturated carbocycles. The molecule has 16 heavy (non-hydrogen) atoms. The Hall–Kier alpha value is -1.34. The van der Waals surface area contributed by atoms with E-state index in [2.05, 4.69) is 5.32 Å². The van der Waals surface area contributed by atoms with Gasteiger partial charge in [0.05, 0.1) is 5.56 Å². The standard InChI is InChI=1S/C9H10F3N3S/c1-15(13)8(16)14-7-4-2-3-6(5-7)9(10,11)12/h2-5H,13H2,1H3,(H,14,16). The zero-order chi connectivity index (χ0) is 12.3. The Morgan fingerprint density at radius 1 is 1.44 bits per heavy atom. The van der Waals surface area contributed by atoms with Crippen LogP contribution in [0.2, 0.25) is 0 Å². The molecule has 1 rings (SSSR count). The molecule has 0 atom stereocenters. The van der Waals surface area contributed by atoms with E-state index in [0.717, 1.165) is 17.1 Å². The number of nitrogens with one attached hydrogen (secondary N) is 1. The third kappa shape index (κ3) is 3.35. The summed E-state index contributed by atoms with van der Waals surface area (Å²) in [7, 11) is 1.49. The highest BCUT2D eigenvalue weighted by Gasteiger charge is 2.30. The van der Waals surface area contributed by atoms with Gasteiger partial charge in [0, 0.05) is 12.7 Å². The van der Waals surface area contributed by atoms with Gasteiger partial charge in [-0.3, -0.25) is 5.01 Å². The van der Waals surface area contributed by atoms with Crippen LogP contribution < -0.4 is 11.2 Å². The summed E-state index contributed by atoms with van der Waals surface area (Å²) in [6.45, 7) is 0. The monoisotopic (exact) mass is 249 g/mol. The molecule has 0 fully saturated rings. The molecule has 0 bridgehead atoms. The van der Waals surface area contributed by atoms with E-state index >= 15 is 0 Å². The summed E-state index contributed by atoms with van der Waals surface area (Å²) in [5.74, 6) is 5.32. The van der Waals surface area contributed by atoms with Gasteiger partial charge < -0.3 is 5.32 Å². The van der Waals surface area contributed by atoms with Crippen LogP contribution in [0.1, 0.15) is 5.56 Å². The van der Waals surface area contributed by atoms with Crippen molar-refractivity contribution in [1.82, 2.24) is 5.01 Å². The number of nitrogens with two attached hydrogens (primary N) is 1. The Kier molecular flexibility index (Phi) is 3.71. The normalized spacial score (nSPS) is 11.1. The second-order valence-electron chi connectivity index (χ2n) is 3.12. The summed E-state index contributed by atoms with van der Waals surface area (Å²) in [5, 5.41) is 3.83. The van der Waals surface area contributed by atoms with Crippen LogP contribution in [0.3, 0.4) is 0 Å². The lowest BCUT2D eigenvalue weighted by molar-refractivity contribution is -0.137. The lowest BCUT2D eigenvalue weighted by atomic mass is 10.2. The van der Waals surface area contributed by atoms with Crippen LogP contribution in [-0.2, 0) is 6.18 Å². The number of benzene rings is 1. The van der Waals surface area contributed by atoms with Gasteiger partial charge in [-0.2, -0.15) is 13.2 Å². The first kappa shape index (κ1) is 12.7. The topological polar surface area (TPSA) is 41.3 Å². The largest absolute Gasteiger partial charge is 0.416 e. The number of rotatable bonds is 1. The number of hydrogen-bond donors (Lipinski definition) is 2. The number of alkyl halides is 3. The van der Waals surface area contributed by atoms with Crippen molar-refractivity contribution in [3.05, 3.63) is 29.8 Å². The Labute approximate surface area is 96.0 Å². The predicted molar refractivity (Wildman–Crippen MR) is 59.6 cm³/mol. The molecule has 3 nitrogen and oxygen atoms in total. The second-order valence-corrected chi connectivity index (χ2v) is 3.51. The summed E-state index contributed by atoms with van der Waals surface area (Å²) < 4.78 is 37.1. The minimum Gasteiger partial charge on any atom is -0.332 e. The zero-order valence-corrected chi connectivity index (χ0v) is 9.19. The van der Waals surface area contributed by atoms with Crippen molar-refractivity contribution in [2.24, 2.45) is 5.84 Å². The Morgan fingerprint density at radius 3 is 2.56 bits per heavy atom. The van der Waals surface area contributed by atoms with Gasteiger partial charge >= 0.3 is 6.18 Å². The highest BCUT2D eigenvalue weighted by atomic mass is 32.1. The predicted octanol–water partition coefficient (Wildman–Crippen LogP) is 2.21. The van der Waals surface area contributed by atoms with Crippen LogP contribution in [-0.4, -0.2) is 17.2 Å². The molecule has 7 heteroatoms. The molecule has 0 saturated heterocycles. The molecule has 1 aromatic rings. The van der Waals surface area contributed by atoms with Gasteiger partial charge in [0.2, 0.25) is 0 Å². The third-order valence-corrected chi connectivity index (χ3v) is 2.15. The van der Waals surface area contributed by atoms with Crippen molar-refractivity contribution in [3.8, 4) is 0 Å². The average Bonchev–Trinajstić information content (AvgIpc) is 2.16. The van der Waals surface area contributed by atoms with E-state index in [-0.39, 0.29) is 10.8 Å². The molecule has 88 valence electrons. The molecule has 0 aliphatic heterocycles. The second kappa shape index (κ2) is 4.67. The van der Waals surface area contributed by atoms with E-state index in [1.165, 1.54) is 19.2 Å². The highest BCUT2D eigenvalue weighted by Crippen LogP contribution is 2.30. The molecular weight excluding hydrogens is 239 g/mol. The fourth-order valence-electron chi connectivity index (χ4n) is 0.985. The number of anilines is 1. The van der Waals surface area contributed by atoms with Gasteiger partial charge in [0.15, 0.2) is 5.11 Å². The third-order valence-electron chi connectivity index (χ3n) is 1.76. The summed E-state index contributed by atoms with van der Waals surface area (Å²) in [5.41, 5.74) is -0.489. The van der Waals surface area contributed by atoms with Crippen LogP contribution in [0.4, 0.5) is 18.9 Å². The molecule has 3 N–H and O–H groups in total. The first-order chi connectivity index (χ1) is 7.30. The van der Waals surface area contributed by atoms with Crippen molar-refractivity contribution >= 4 is 23.0 Å². The van der Waals surface area contributed by atoms with Crippen LogP contribution >= 0.6 is 12.2 Å². The molecule has 0 aliphatic rings. The number of thiocarbonyl (C=S) groups is 1. The molecule has 1 aromatic carbocycles. The van der Waals surface area contributed by atoms with Crippen molar-refractivity contribution in [3.63, 3.8) is 0 Å². The van der Waals surface area contributed by atoms with Crippen LogP contribution in [0.25, 0.3) is 0 Å². The first-order valence-corrected chi connectivity index (χ1v) is 4.68. The maximum absolute atomic E-state index is 12.4. The molecule has 0 amide bonds. The van der Waals surface area contributed by atoms with E-state index in [4.69, 9.17) is 18.1 Å². The number of hydrazine groups is 1. The van der Waals surface area contributed by atoms with Gasteiger partial charge in [-0.25, -0.2) is 5.84 Å². The highest BCUT2D eigenvalue weighted by molar-refractivity contribution is 7.80. The molecule has 0 heterocycles. The van der Waals surface area contributed by atoms with Gasteiger partial charge in [0.1, 0.15) is 0 Å². The molecular formula is C9H10F3N3S. The van der Waals surface area contributed by atoms with Crippen LogP contribution in [0.5, 0.6) is 0 Å². The minimum atomic E-state index is -4.37. The lowest BCUT2D eigenvalue weighted by Crippen LogP contribution is -2.36. The number of hydrogen-bond acceptors (Lipinski definition) is 2. The van der Waals surface area contributed by atoms with Crippen LogP contribution in [0.15, 0.2) is 24.3 Å². The summed E-state index contributed by atoms with van der Waals surface area (Å²) in [6, 6.07) is 4.73. The Morgan fingerprint density at radius 2 is 2.06 bits per heavy atom. The van der Waals surface area contributed by atoms with E-state index < -0.39 is 11.7 Å². The van der Waals surface area contributed by atoms with Gasteiger partial charge in [0.25, 0.3) is 0 Å². The molecule has 0 aromatic heterocycles. The fraction of sp³-hybridized carbons (Fsp3) is 0.222. The first-order valence-electron chi connectivity index (χ1n) is 4.27. The van der Waals surface area contributed by atoms with Crippen molar-refractivity contribution < 1.29 is 13.2 Å². The maximum atomic E-state index is 12.4. The minimum absolute atomic E-state index is 0.138. The quantitative estimate of drug-likeness (QED) is 0.455. The van der Waals surface area contributed by atoms with E-state index in [9.17, 15) is 13.2 Å². The fourth-order valence-corrected chi connectivity index (χ4v) is 1.10. The number of halogens is 3. The van der Waals surface area contributed by atoms with E-state index in [0.29, 0.717) is 0 Å². The molecule has 0 spiro atoms. The molecule has 0 radical (unpaired) electrons. The summed E-state index contributed by atoms with van der Waals surface area (Å²) in [4.78, 5) is 0. The number of nitrogens with zero attached hydrogens (tertiary/aromatic N) is 1. The van der Waals surface area contributed by atoms with E-state index in [1.807, 2.05) is 0 Å². The smallest absolute Gasteiger partial charge is 0.332 e. The summed E-state index contributed by atoms with van der Waals surface area (Å²) >= 11 is 4.81. The average molecular weight is 249 g/mol. The van der Waals surface area contributed by atoms with Crippen LogP contribution in [0, 0.1) is 0 Å². The van der Waals surface area contributed by atoms with Crippen molar-refractivity contribution in [2.45, 2.75) is 6.18 Å². The van der Waals surface area contributed by atoms with Crippen molar-refractivity contribution in [1.29, 1.82) is 0 Å². The van der Waals surface area contributed by atoms with E-state index in [1.54, 1.807) is 0 Å². The van der Waals surface area contributed by atoms with Crippen molar-refractivity contribution in [2.75, 3.05) is 12.4 Å². The van der Waals surface area contributed by atoms with Gasteiger partial charge in [-0.1, -0.05) is 6.07 Å².